The zero-order chi connectivity index (χ0) is 27.9. The van der Waals surface area contributed by atoms with E-state index < -0.39 is 27.6 Å². The number of halogens is 3. The normalized spacial score (nSPS) is 15.2. The van der Waals surface area contributed by atoms with Crippen molar-refractivity contribution in [1.29, 1.82) is 0 Å². The van der Waals surface area contributed by atoms with Crippen LogP contribution in [0.3, 0.4) is 0 Å². The molecule has 3 heterocycles. The smallest absolute Gasteiger partial charge is 0.243 e. The first kappa shape index (κ1) is 27.6. The topological polar surface area (TPSA) is 88.4 Å². The molecule has 8 nitrogen and oxygen atoms in total. The maximum Gasteiger partial charge on any atom is 0.243 e. The van der Waals surface area contributed by atoms with E-state index >= 15 is 0 Å². The van der Waals surface area contributed by atoms with Gasteiger partial charge in [-0.25, -0.2) is 22.2 Å². The minimum Gasteiger partial charge on any atom is -0.286 e. The summed E-state index contributed by atoms with van der Waals surface area (Å²) in [6, 6.07) is 9.87. The third kappa shape index (κ3) is 5.69. The molecule has 0 atom stereocenters. The molecule has 0 N–H and O–H groups in total. The number of anilines is 1. The van der Waals surface area contributed by atoms with Crippen molar-refractivity contribution in [1.82, 2.24) is 19.1 Å². The van der Waals surface area contributed by atoms with Gasteiger partial charge in [-0.1, -0.05) is 22.9 Å². The lowest BCUT2D eigenvalue weighted by Crippen LogP contribution is -2.45. The number of carbonyl (C=O) groups excluding carboxylic acids is 1. The van der Waals surface area contributed by atoms with Gasteiger partial charge in [0.1, 0.15) is 11.3 Å². The van der Waals surface area contributed by atoms with E-state index in [1.54, 1.807) is 4.68 Å². The molecule has 0 unspecified atom stereocenters. The Kier molecular flexibility index (Phi) is 7.73. The number of fused-ring (bicyclic) bond motifs is 1. The van der Waals surface area contributed by atoms with Crippen molar-refractivity contribution in [3.05, 3.63) is 70.5 Å². The molecule has 0 aliphatic carbocycles. The second-order valence-electron chi connectivity index (χ2n) is 9.50. The highest BCUT2D eigenvalue weighted by atomic mass is 35.5. The zero-order valence-corrected chi connectivity index (χ0v) is 23.7. The van der Waals surface area contributed by atoms with Crippen LogP contribution in [0.2, 0.25) is 5.02 Å². The van der Waals surface area contributed by atoms with Gasteiger partial charge in [0, 0.05) is 42.3 Å². The molecule has 0 saturated carbocycles. The SMILES string of the molecule is Cc1cc(C)n(CCN(C(=O)C2CCN(S(=O)(=O)c3ccc(Cl)cc3)CC2)c2nc3c(F)cc(F)cc3s2)n1. The van der Waals surface area contributed by atoms with Crippen molar-refractivity contribution in [2.75, 3.05) is 24.5 Å². The monoisotopic (exact) mass is 593 g/mol. The first-order valence-corrected chi connectivity index (χ1v) is 15.0. The van der Waals surface area contributed by atoms with Gasteiger partial charge in [-0.3, -0.25) is 14.4 Å². The van der Waals surface area contributed by atoms with E-state index in [1.165, 1.54) is 39.5 Å². The van der Waals surface area contributed by atoms with Gasteiger partial charge in [-0.2, -0.15) is 9.40 Å². The highest BCUT2D eigenvalue weighted by Gasteiger charge is 2.35. The summed E-state index contributed by atoms with van der Waals surface area (Å²) < 4.78 is 57.9. The van der Waals surface area contributed by atoms with Gasteiger partial charge in [0.25, 0.3) is 0 Å². The first-order chi connectivity index (χ1) is 18.5. The standard InChI is InChI=1S/C26H26ClF2N5O3S2/c1-16-13-17(2)34(31-16)12-11-33(26-30-24-22(29)14-20(28)15-23(24)38-26)25(35)18-7-9-32(10-8-18)39(36,37)21-5-3-19(27)4-6-21/h3-6,13-15,18H,7-12H2,1-2H3. The molecule has 206 valence electrons. The molecule has 1 amide bonds. The Bertz CT molecular complexity index is 1630. The fourth-order valence-corrected chi connectivity index (χ4v) is 7.41. The number of piperidine rings is 1. The number of hydrogen-bond donors (Lipinski definition) is 0. The van der Waals surface area contributed by atoms with E-state index in [0.29, 0.717) is 29.1 Å². The molecule has 1 aliphatic rings. The lowest BCUT2D eigenvalue weighted by atomic mass is 9.96. The number of amides is 1. The van der Waals surface area contributed by atoms with Gasteiger partial charge in [-0.15, -0.1) is 0 Å². The van der Waals surface area contributed by atoms with Crippen molar-refractivity contribution >= 4 is 54.2 Å². The number of hydrogen-bond acceptors (Lipinski definition) is 6. The molecule has 4 aromatic rings. The summed E-state index contributed by atoms with van der Waals surface area (Å²) >= 11 is 6.94. The average Bonchev–Trinajstić information content (AvgIpc) is 3.46. The molecule has 1 aliphatic heterocycles. The molecule has 39 heavy (non-hydrogen) atoms. The van der Waals surface area contributed by atoms with Gasteiger partial charge in [-0.05, 0) is 63.1 Å². The number of rotatable bonds is 7. The maximum absolute atomic E-state index is 14.4. The molecular weight excluding hydrogens is 568 g/mol. The lowest BCUT2D eigenvalue weighted by molar-refractivity contribution is -0.123. The van der Waals surface area contributed by atoms with Crippen LogP contribution < -0.4 is 4.90 Å². The minimum absolute atomic E-state index is 0.00388. The van der Waals surface area contributed by atoms with Crippen LogP contribution in [0.25, 0.3) is 10.2 Å². The average molecular weight is 594 g/mol. The van der Waals surface area contributed by atoms with Gasteiger partial charge < -0.3 is 0 Å². The van der Waals surface area contributed by atoms with Crippen LogP contribution in [0.5, 0.6) is 0 Å². The van der Waals surface area contributed by atoms with Gasteiger partial charge in [0.15, 0.2) is 10.9 Å². The van der Waals surface area contributed by atoms with Crippen LogP contribution in [0.4, 0.5) is 13.9 Å². The molecule has 0 bridgehead atoms. The zero-order valence-electron chi connectivity index (χ0n) is 21.3. The highest BCUT2D eigenvalue weighted by molar-refractivity contribution is 7.89. The summed E-state index contributed by atoms with van der Waals surface area (Å²) in [4.78, 5) is 19.8. The number of nitrogens with zero attached hydrogens (tertiary/aromatic N) is 5. The van der Waals surface area contributed by atoms with E-state index in [-0.39, 0.29) is 41.1 Å². The van der Waals surface area contributed by atoms with E-state index in [4.69, 9.17) is 11.6 Å². The van der Waals surface area contributed by atoms with Crippen molar-refractivity contribution in [2.24, 2.45) is 5.92 Å². The Morgan fingerprint density at radius 2 is 1.82 bits per heavy atom. The Morgan fingerprint density at radius 1 is 1.13 bits per heavy atom. The fourth-order valence-electron chi connectivity index (χ4n) is 4.78. The summed E-state index contributed by atoms with van der Waals surface area (Å²) in [5.74, 6) is -2.21. The molecule has 5 rings (SSSR count). The maximum atomic E-state index is 14.4. The molecule has 0 radical (unpaired) electrons. The van der Waals surface area contributed by atoms with E-state index in [0.717, 1.165) is 28.8 Å². The van der Waals surface area contributed by atoms with Crippen LogP contribution in [-0.4, -0.2) is 53.0 Å². The summed E-state index contributed by atoms with van der Waals surface area (Å²) in [7, 11) is -3.72. The molecular formula is C26H26ClF2N5O3S2. The van der Waals surface area contributed by atoms with Gasteiger partial charge >= 0.3 is 0 Å². The predicted molar refractivity (Wildman–Crippen MR) is 147 cm³/mol. The number of thiazole rings is 1. The summed E-state index contributed by atoms with van der Waals surface area (Å²) in [6.45, 7) is 4.73. The van der Waals surface area contributed by atoms with E-state index in [1.807, 2.05) is 19.9 Å². The first-order valence-electron chi connectivity index (χ1n) is 12.4. The number of carbonyl (C=O) groups is 1. The molecule has 2 aromatic carbocycles. The predicted octanol–water partition coefficient (Wildman–Crippen LogP) is 5.18. The Morgan fingerprint density at radius 3 is 2.46 bits per heavy atom. The van der Waals surface area contributed by atoms with Crippen LogP contribution in [-0.2, 0) is 21.4 Å². The third-order valence-corrected chi connectivity index (χ3v) is 9.98. The van der Waals surface area contributed by atoms with Crippen molar-refractivity contribution in [3.8, 4) is 0 Å². The van der Waals surface area contributed by atoms with Crippen molar-refractivity contribution in [3.63, 3.8) is 0 Å². The Balaban J connectivity index is 1.37. The number of aromatic nitrogens is 3. The largest absolute Gasteiger partial charge is 0.286 e. The summed E-state index contributed by atoms with van der Waals surface area (Å²) in [5, 5.41) is 5.16. The molecule has 2 aromatic heterocycles. The van der Waals surface area contributed by atoms with E-state index in [9.17, 15) is 22.0 Å². The highest BCUT2D eigenvalue weighted by Crippen LogP contribution is 2.33. The number of benzene rings is 2. The second kappa shape index (κ2) is 10.9. The number of aryl methyl sites for hydroxylation is 2. The van der Waals surface area contributed by atoms with E-state index in [2.05, 4.69) is 10.1 Å². The molecule has 1 saturated heterocycles. The van der Waals surface area contributed by atoms with Crippen LogP contribution >= 0.6 is 22.9 Å². The van der Waals surface area contributed by atoms with Crippen molar-refractivity contribution < 1.29 is 22.0 Å². The third-order valence-electron chi connectivity index (χ3n) is 6.79. The molecule has 1 fully saturated rings. The number of sulfonamides is 1. The quantitative estimate of drug-likeness (QED) is 0.295. The second-order valence-corrected chi connectivity index (χ2v) is 12.9. The lowest BCUT2D eigenvalue weighted by Gasteiger charge is -2.33. The van der Waals surface area contributed by atoms with Crippen LogP contribution in [0.15, 0.2) is 47.4 Å². The summed E-state index contributed by atoms with van der Waals surface area (Å²) in [5.41, 5.74) is 1.78. The van der Waals surface area contributed by atoms with Crippen LogP contribution in [0, 0.1) is 31.4 Å². The molecule has 13 heteroatoms. The van der Waals surface area contributed by atoms with Gasteiger partial charge in [0.05, 0.1) is 21.8 Å². The van der Waals surface area contributed by atoms with Gasteiger partial charge in [0.2, 0.25) is 15.9 Å². The fraction of sp³-hybridized carbons (Fsp3) is 0.346. The van der Waals surface area contributed by atoms with Crippen molar-refractivity contribution in [2.45, 2.75) is 38.1 Å². The Labute approximate surface area is 233 Å². The summed E-state index contributed by atoms with van der Waals surface area (Å²) in [6.07, 6.45) is 0.631. The van der Waals surface area contributed by atoms with Crippen LogP contribution in [0.1, 0.15) is 24.2 Å². The Hall–Kier alpha value is -2.93. The molecule has 0 spiro atoms. The minimum atomic E-state index is -3.72.